The fourth-order valence-corrected chi connectivity index (χ4v) is 3.03. The van der Waals surface area contributed by atoms with Crippen LogP contribution < -0.4 is 11.1 Å². The van der Waals surface area contributed by atoms with Gasteiger partial charge in [0, 0.05) is 21.8 Å². The van der Waals surface area contributed by atoms with Crippen molar-refractivity contribution in [3.05, 3.63) is 28.2 Å². The van der Waals surface area contributed by atoms with Gasteiger partial charge < -0.3 is 11.1 Å². The highest BCUT2D eigenvalue weighted by Crippen LogP contribution is 2.29. The van der Waals surface area contributed by atoms with E-state index in [2.05, 4.69) is 34.2 Å². The quantitative estimate of drug-likeness (QED) is 0.822. The van der Waals surface area contributed by atoms with Crippen LogP contribution in [0.1, 0.15) is 38.2 Å². The number of hydrogen-bond acceptors (Lipinski definition) is 2. The zero-order valence-electron chi connectivity index (χ0n) is 10.6. The second kappa shape index (κ2) is 6.02. The average Bonchev–Trinajstić information content (AvgIpc) is 2.34. The number of hydrogen-bond donors (Lipinski definition) is 2. The summed E-state index contributed by atoms with van der Waals surface area (Å²) in [7, 11) is 0. The molecule has 0 heterocycles. The van der Waals surface area contributed by atoms with E-state index in [9.17, 15) is 0 Å². The van der Waals surface area contributed by atoms with Crippen molar-refractivity contribution in [2.24, 2.45) is 11.7 Å². The van der Waals surface area contributed by atoms with Crippen LogP contribution in [0.15, 0.2) is 22.7 Å². The largest absolute Gasteiger partial charge is 0.389 e. The molecule has 1 aromatic rings. The topological polar surface area (TPSA) is 38.0 Å². The lowest BCUT2D eigenvalue weighted by Crippen LogP contribution is -2.25. The van der Waals surface area contributed by atoms with Gasteiger partial charge in [-0.1, -0.05) is 19.1 Å². The Labute approximate surface area is 122 Å². The molecule has 18 heavy (non-hydrogen) atoms. The first-order valence-corrected chi connectivity index (χ1v) is 7.62. The lowest BCUT2D eigenvalue weighted by atomic mass is 9.87. The van der Waals surface area contributed by atoms with E-state index in [0.717, 1.165) is 21.6 Å². The van der Waals surface area contributed by atoms with Gasteiger partial charge in [-0.15, -0.1) is 0 Å². The third-order valence-corrected chi connectivity index (χ3v) is 4.52. The van der Waals surface area contributed by atoms with E-state index >= 15 is 0 Å². The highest BCUT2D eigenvalue weighted by atomic mass is 79.9. The maximum Gasteiger partial charge on any atom is 0.104 e. The lowest BCUT2D eigenvalue weighted by Gasteiger charge is -2.28. The van der Waals surface area contributed by atoms with Gasteiger partial charge in [-0.3, -0.25) is 0 Å². The van der Waals surface area contributed by atoms with E-state index in [1.165, 1.54) is 25.7 Å². The number of rotatable bonds is 3. The van der Waals surface area contributed by atoms with Crippen LogP contribution in [0.3, 0.4) is 0 Å². The number of benzene rings is 1. The number of nitrogens with two attached hydrogens (primary N) is 1. The van der Waals surface area contributed by atoms with Crippen LogP contribution in [0.2, 0.25) is 0 Å². The predicted molar refractivity (Wildman–Crippen MR) is 85.1 cm³/mol. The molecule has 0 spiro atoms. The Morgan fingerprint density at radius 3 is 2.56 bits per heavy atom. The monoisotopic (exact) mass is 326 g/mol. The molecule has 0 saturated heterocycles. The van der Waals surface area contributed by atoms with Crippen molar-refractivity contribution < 1.29 is 0 Å². The highest BCUT2D eigenvalue weighted by molar-refractivity contribution is 9.10. The van der Waals surface area contributed by atoms with Crippen LogP contribution >= 0.6 is 28.1 Å². The standard InChI is InChI=1S/C14H19BrN2S/c1-9-2-5-11(6-3-9)17-13-7-4-10(14(16)18)8-12(13)15/h4,7-9,11,17H,2-3,5-6H2,1H3,(H2,16,18). The molecule has 4 heteroatoms. The summed E-state index contributed by atoms with van der Waals surface area (Å²) in [6.45, 7) is 2.34. The molecule has 1 aliphatic carbocycles. The van der Waals surface area contributed by atoms with E-state index in [1.807, 2.05) is 12.1 Å². The Bertz CT molecular complexity index is 439. The third-order valence-electron chi connectivity index (χ3n) is 3.63. The Balaban J connectivity index is 2.03. The molecule has 1 aliphatic rings. The molecule has 2 rings (SSSR count). The third kappa shape index (κ3) is 3.45. The average molecular weight is 327 g/mol. The van der Waals surface area contributed by atoms with Gasteiger partial charge in [-0.25, -0.2) is 0 Å². The van der Waals surface area contributed by atoms with Gasteiger partial charge in [-0.2, -0.15) is 0 Å². The van der Waals surface area contributed by atoms with E-state index in [1.54, 1.807) is 0 Å². The fourth-order valence-electron chi connectivity index (χ4n) is 2.41. The molecule has 3 N–H and O–H groups in total. The summed E-state index contributed by atoms with van der Waals surface area (Å²) in [6.07, 6.45) is 5.15. The molecule has 0 amide bonds. The smallest absolute Gasteiger partial charge is 0.104 e. The number of nitrogens with one attached hydrogen (secondary N) is 1. The molecular formula is C14H19BrN2S. The van der Waals surface area contributed by atoms with Gasteiger partial charge in [0.1, 0.15) is 4.99 Å². The second-order valence-electron chi connectivity index (χ2n) is 5.16. The molecule has 0 bridgehead atoms. The van der Waals surface area contributed by atoms with Crippen molar-refractivity contribution in [3.63, 3.8) is 0 Å². The molecule has 2 nitrogen and oxygen atoms in total. The molecule has 98 valence electrons. The van der Waals surface area contributed by atoms with Crippen LogP contribution in [-0.4, -0.2) is 11.0 Å². The van der Waals surface area contributed by atoms with Crippen molar-refractivity contribution in [2.45, 2.75) is 38.6 Å². The lowest BCUT2D eigenvalue weighted by molar-refractivity contribution is 0.361. The highest BCUT2D eigenvalue weighted by Gasteiger charge is 2.18. The van der Waals surface area contributed by atoms with Gasteiger partial charge in [0.15, 0.2) is 0 Å². The Kier molecular flexibility index (Phi) is 4.62. The molecular weight excluding hydrogens is 308 g/mol. The van der Waals surface area contributed by atoms with E-state index < -0.39 is 0 Å². The Morgan fingerprint density at radius 2 is 2.00 bits per heavy atom. The van der Waals surface area contributed by atoms with Crippen molar-refractivity contribution in [3.8, 4) is 0 Å². The van der Waals surface area contributed by atoms with E-state index in [4.69, 9.17) is 18.0 Å². The fraction of sp³-hybridized carbons (Fsp3) is 0.500. The van der Waals surface area contributed by atoms with Crippen molar-refractivity contribution in [1.29, 1.82) is 0 Å². The molecule has 0 aromatic heterocycles. The van der Waals surface area contributed by atoms with Crippen molar-refractivity contribution in [2.75, 3.05) is 5.32 Å². The van der Waals surface area contributed by atoms with Crippen LogP contribution in [-0.2, 0) is 0 Å². The maximum absolute atomic E-state index is 5.62. The number of thiocarbonyl (C=S) groups is 1. The molecule has 0 aliphatic heterocycles. The number of halogens is 1. The van der Waals surface area contributed by atoms with E-state index in [0.29, 0.717) is 11.0 Å². The van der Waals surface area contributed by atoms with Gasteiger partial charge in [0.25, 0.3) is 0 Å². The molecule has 1 fully saturated rings. The summed E-state index contributed by atoms with van der Waals surface area (Å²) >= 11 is 8.55. The van der Waals surface area contributed by atoms with Crippen molar-refractivity contribution in [1.82, 2.24) is 0 Å². The summed E-state index contributed by atoms with van der Waals surface area (Å²) in [5.74, 6) is 0.878. The van der Waals surface area contributed by atoms with Gasteiger partial charge in [0.05, 0.1) is 0 Å². The Hall–Kier alpha value is -0.610. The first-order valence-electron chi connectivity index (χ1n) is 6.42. The van der Waals surface area contributed by atoms with Crippen LogP contribution in [0, 0.1) is 5.92 Å². The SMILES string of the molecule is CC1CCC(Nc2ccc(C(N)=S)cc2Br)CC1. The summed E-state index contributed by atoms with van der Waals surface area (Å²) < 4.78 is 1.03. The van der Waals surface area contributed by atoms with Gasteiger partial charge in [0.2, 0.25) is 0 Å². The molecule has 1 aromatic carbocycles. The van der Waals surface area contributed by atoms with Gasteiger partial charge >= 0.3 is 0 Å². The first-order chi connectivity index (χ1) is 8.56. The zero-order valence-corrected chi connectivity index (χ0v) is 13.0. The normalized spacial score (nSPS) is 23.7. The molecule has 1 saturated carbocycles. The zero-order chi connectivity index (χ0) is 13.1. The maximum atomic E-state index is 5.62. The minimum Gasteiger partial charge on any atom is -0.389 e. The summed E-state index contributed by atoms with van der Waals surface area (Å²) in [4.78, 5) is 0.439. The number of anilines is 1. The predicted octanol–water partition coefficient (Wildman–Crippen LogP) is 4.07. The van der Waals surface area contributed by atoms with E-state index in [-0.39, 0.29) is 0 Å². The van der Waals surface area contributed by atoms with Crippen LogP contribution in [0.4, 0.5) is 5.69 Å². The molecule has 0 unspecified atom stereocenters. The summed E-state index contributed by atoms with van der Waals surface area (Å²) in [5, 5.41) is 3.60. The first kappa shape index (κ1) is 13.8. The summed E-state index contributed by atoms with van der Waals surface area (Å²) in [5.41, 5.74) is 7.66. The molecule has 0 radical (unpaired) electrons. The van der Waals surface area contributed by atoms with Crippen LogP contribution in [0.25, 0.3) is 0 Å². The summed E-state index contributed by atoms with van der Waals surface area (Å²) in [6, 6.07) is 6.60. The molecule has 0 atom stereocenters. The van der Waals surface area contributed by atoms with Gasteiger partial charge in [-0.05, 0) is 65.7 Å². The van der Waals surface area contributed by atoms with Crippen molar-refractivity contribution >= 4 is 38.8 Å². The van der Waals surface area contributed by atoms with Crippen LogP contribution in [0.5, 0.6) is 0 Å². The minimum absolute atomic E-state index is 0.439. The Morgan fingerprint density at radius 1 is 1.33 bits per heavy atom. The minimum atomic E-state index is 0.439. The second-order valence-corrected chi connectivity index (χ2v) is 6.45.